The minimum atomic E-state index is -1.44. The van der Waals surface area contributed by atoms with Crippen molar-refractivity contribution in [2.24, 2.45) is 0 Å². The van der Waals surface area contributed by atoms with Crippen LogP contribution in [0.2, 0.25) is 0 Å². The summed E-state index contributed by atoms with van der Waals surface area (Å²) >= 11 is 3.09. The molecule has 0 aromatic carbocycles. The van der Waals surface area contributed by atoms with Crippen LogP contribution in [0.25, 0.3) is 0 Å². The fourth-order valence-electron chi connectivity index (χ4n) is 1.10. The molecular weight excluding hydrogens is 184 g/mol. The van der Waals surface area contributed by atoms with Gasteiger partial charge in [-0.25, -0.2) is 0 Å². The third kappa shape index (κ3) is 1.73. The van der Waals surface area contributed by atoms with Crippen molar-refractivity contribution in [1.29, 1.82) is 0 Å². The molecule has 0 aliphatic carbocycles. The summed E-state index contributed by atoms with van der Waals surface area (Å²) in [6.45, 7) is -0.324. The number of hydrogen-bond acceptors (Lipinski definition) is 5. The standard InChI is InChI=1S/C6H12O5S/c7-1-2-5(12)3(8)4(9)6(10)11-2/h2-10,12H,1H2/p+1/t2-,3-,4-,5-,6-/m1/s1. The third-order valence-electron chi connectivity index (χ3n) is 1.90. The molecule has 0 bridgehead atoms. The van der Waals surface area contributed by atoms with Gasteiger partial charge >= 0.3 is 0 Å². The Balaban J connectivity index is 2.63. The molecule has 4 N–H and O–H groups in total. The summed E-state index contributed by atoms with van der Waals surface area (Å²) in [6, 6.07) is 0. The van der Waals surface area contributed by atoms with Gasteiger partial charge in [0, 0.05) is 0 Å². The highest BCUT2D eigenvalue weighted by atomic mass is 32.1. The Morgan fingerprint density at radius 1 is 1.17 bits per heavy atom. The van der Waals surface area contributed by atoms with Crippen LogP contribution in [0.1, 0.15) is 0 Å². The lowest BCUT2D eigenvalue weighted by atomic mass is 10.0. The number of aliphatic hydroxyl groups excluding tert-OH is 4. The minimum absolute atomic E-state index is 0.324. The van der Waals surface area contributed by atoms with Gasteiger partial charge in [0.05, 0.1) is 6.61 Å². The summed E-state index contributed by atoms with van der Waals surface area (Å²) in [4.78, 5) is 0. The van der Waals surface area contributed by atoms with Crippen molar-refractivity contribution in [3.63, 3.8) is 0 Å². The van der Waals surface area contributed by atoms with Crippen molar-refractivity contribution in [3.8, 4) is 0 Å². The molecule has 6 heteroatoms. The first-order chi connectivity index (χ1) is 5.57. The summed E-state index contributed by atoms with van der Waals surface area (Å²) in [6.07, 6.45) is -4.61. The molecule has 0 saturated carbocycles. The maximum Gasteiger partial charge on any atom is 0.184 e. The Hall–Kier alpha value is 0.150. The Labute approximate surface area is 75.0 Å². The van der Waals surface area contributed by atoms with Crippen LogP contribution in [0.5, 0.6) is 0 Å². The van der Waals surface area contributed by atoms with Crippen LogP contribution < -0.4 is 0 Å². The predicted octanol–water partition coefficient (Wildman–Crippen LogP) is -3.20. The van der Waals surface area contributed by atoms with E-state index in [0.29, 0.717) is 0 Å². The molecule has 1 aliphatic rings. The molecule has 0 aromatic heterocycles. The highest BCUT2D eigenvalue weighted by molar-refractivity contribution is 7.59. The molecule has 1 fully saturated rings. The highest BCUT2D eigenvalue weighted by Crippen LogP contribution is 2.19. The fourth-order valence-corrected chi connectivity index (χ4v) is 1.48. The average Bonchev–Trinajstić information content (AvgIpc) is 2.08. The van der Waals surface area contributed by atoms with Gasteiger partial charge < -0.3 is 25.2 Å². The monoisotopic (exact) mass is 197 g/mol. The first-order valence-corrected chi connectivity index (χ1v) is 4.17. The third-order valence-corrected chi connectivity index (χ3v) is 2.62. The summed E-state index contributed by atoms with van der Waals surface area (Å²) in [5, 5.41) is 35.5. The molecule has 0 radical (unpaired) electrons. The topological polar surface area (TPSA) is 90.2 Å². The quantitative estimate of drug-likeness (QED) is 0.332. The van der Waals surface area contributed by atoms with Crippen LogP contribution >= 0.6 is 0 Å². The van der Waals surface area contributed by atoms with E-state index >= 15 is 0 Å². The van der Waals surface area contributed by atoms with E-state index in [1.165, 1.54) is 0 Å². The molecule has 1 saturated heterocycles. The number of ether oxygens (including phenoxy) is 1. The van der Waals surface area contributed by atoms with Gasteiger partial charge in [0.25, 0.3) is 0 Å². The number of rotatable bonds is 1. The van der Waals surface area contributed by atoms with Gasteiger partial charge in [0.1, 0.15) is 18.3 Å². The van der Waals surface area contributed by atoms with E-state index in [2.05, 4.69) is 12.6 Å². The lowest BCUT2D eigenvalue weighted by Gasteiger charge is -2.34. The Morgan fingerprint density at radius 3 is 2.25 bits per heavy atom. The van der Waals surface area contributed by atoms with Crippen LogP contribution in [0.15, 0.2) is 0 Å². The molecule has 0 spiro atoms. The second-order valence-corrected chi connectivity index (χ2v) is 3.42. The molecule has 5 nitrogen and oxygen atoms in total. The predicted molar refractivity (Wildman–Crippen MR) is 43.9 cm³/mol. The van der Waals surface area contributed by atoms with Gasteiger partial charge in [0.2, 0.25) is 0 Å². The van der Waals surface area contributed by atoms with Gasteiger partial charge in [-0.3, -0.25) is 0 Å². The largest absolute Gasteiger partial charge is 0.393 e. The SMILES string of the molecule is OC[C@H]1O[C@@H](O)[C@H](O)[C@@H](O)[C@@H]1[SH2+]. The summed E-state index contributed by atoms with van der Waals surface area (Å²) in [5.41, 5.74) is 0. The van der Waals surface area contributed by atoms with E-state index in [1.54, 1.807) is 0 Å². The molecule has 1 rings (SSSR count). The van der Waals surface area contributed by atoms with Crippen molar-refractivity contribution in [2.75, 3.05) is 6.61 Å². The molecule has 1 aliphatic heterocycles. The zero-order valence-electron chi connectivity index (χ0n) is 6.29. The van der Waals surface area contributed by atoms with E-state index in [-0.39, 0.29) is 6.61 Å². The lowest BCUT2D eigenvalue weighted by molar-refractivity contribution is -0.248. The van der Waals surface area contributed by atoms with Gasteiger partial charge in [-0.2, -0.15) is 0 Å². The molecule has 5 atom stereocenters. The maximum atomic E-state index is 9.27. The molecule has 0 aromatic rings. The van der Waals surface area contributed by atoms with Crippen LogP contribution in [0.3, 0.4) is 0 Å². The van der Waals surface area contributed by atoms with Crippen molar-refractivity contribution >= 4 is 12.6 Å². The summed E-state index contributed by atoms with van der Waals surface area (Å²) in [7, 11) is 0. The summed E-state index contributed by atoms with van der Waals surface area (Å²) in [5.74, 6) is 0. The Kier molecular flexibility index (Phi) is 3.33. The Bertz CT molecular complexity index is 150. The van der Waals surface area contributed by atoms with Crippen molar-refractivity contribution in [3.05, 3.63) is 0 Å². The highest BCUT2D eigenvalue weighted by Gasteiger charge is 2.45. The molecule has 1 heterocycles. The van der Waals surface area contributed by atoms with E-state index in [1.807, 2.05) is 0 Å². The van der Waals surface area contributed by atoms with Gasteiger partial charge in [-0.05, 0) is 12.6 Å². The molecule has 12 heavy (non-hydrogen) atoms. The van der Waals surface area contributed by atoms with E-state index in [4.69, 9.17) is 20.1 Å². The summed E-state index contributed by atoms with van der Waals surface area (Å²) < 4.78 is 4.78. The van der Waals surface area contributed by atoms with Crippen LogP contribution in [-0.2, 0) is 17.4 Å². The number of aliphatic hydroxyl groups is 4. The second kappa shape index (κ2) is 3.91. The normalized spacial score (nSPS) is 49.2. The van der Waals surface area contributed by atoms with Gasteiger partial charge in [-0.1, -0.05) is 0 Å². The second-order valence-electron chi connectivity index (χ2n) is 2.75. The van der Waals surface area contributed by atoms with Crippen molar-refractivity contribution < 1.29 is 25.2 Å². The lowest BCUT2D eigenvalue weighted by Crippen LogP contribution is -2.57. The van der Waals surface area contributed by atoms with Gasteiger partial charge in [-0.15, -0.1) is 0 Å². The van der Waals surface area contributed by atoms with Crippen LogP contribution in [-0.4, -0.2) is 56.9 Å². The molecule has 72 valence electrons. The molecular formula is C6H13O5S+. The smallest absolute Gasteiger partial charge is 0.184 e. The van der Waals surface area contributed by atoms with E-state index in [0.717, 1.165) is 0 Å². The van der Waals surface area contributed by atoms with Crippen LogP contribution in [0, 0.1) is 0 Å². The van der Waals surface area contributed by atoms with Gasteiger partial charge in [0.15, 0.2) is 11.5 Å². The molecule has 0 unspecified atom stereocenters. The van der Waals surface area contributed by atoms with Crippen LogP contribution in [0.4, 0.5) is 0 Å². The average molecular weight is 197 g/mol. The molecule has 0 amide bonds. The Morgan fingerprint density at radius 2 is 1.75 bits per heavy atom. The first-order valence-electron chi connectivity index (χ1n) is 3.59. The minimum Gasteiger partial charge on any atom is -0.393 e. The fraction of sp³-hybridized carbons (Fsp3) is 1.00. The zero-order chi connectivity index (χ0) is 9.30. The number of hydrogen-bond donors (Lipinski definition) is 4. The van der Waals surface area contributed by atoms with Crippen molar-refractivity contribution in [1.82, 2.24) is 0 Å². The van der Waals surface area contributed by atoms with E-state index < -0.39 is 29.9 Å². The van der Waals surface area contributed by atoms with E-state index in [9.17, 15) is 5.11 Å². The van der Waals surface area contributed by atoms with Crippen molar-refractivity contribution in [2.45, 2.75) is 29.9 Å². The first kappa shape index (κ1) is 10.2. The zero-order valence-corrected chi connectivity index (χ0v) is 7.29. The maximum absolute atomic E-state index is 9.27.